The Bertz CT molecular complexity index is 2390. The summed E-state index contributed by atoms with van der Waals surface area (Å²) < 4.78 is 49.7. The lowest BCUT2D eigenvalue weighted by Gasteiger charge is -2.16. The zero-order valence-electron chi connectivity index (χ0n) is 29.6. The highest BCUT2D eigenvalue weighted by molar-refractivity contribution is 6.04. The lowest BCUT2D eigenvalue weighted by molar-refractivity contribution is 0.102. The largest absolute Gasteiger partial charge is 0.497 e. The lowest BCUT2D eigenvalue weighted by Crippen LogP contribution is -2.42. The molecule has 1 amide bonds. The number of halogens is 2. The summed E-state index contributed by atoms with van der Waals surface area (Å²) in [6, 6.07) is 17.1. The van der Waals surface area contributed by atoms with Crippen LogP contribution in [0.5, 0.6) is 17.2 Å². The van der Waals surface area contributed by atoms with Crippen molar-refractivity contribution in [3.8, 4) is 22.9 Å². The number of benzene rings is 3. The molecular formula is C38H37F2N7O6. The number of pyridine rings is 1. The van der Waals surface area contributed by atoms with Crippen LogP contribution in [0.4, 0.5) is 20.3 Å². The highest BCUT2D eigenvalue weighted by Gasteiger charge is 2.22. The first-order valence-electron chi connectivity index (χ1n) is 16.6. The number of anilines is 2. The summed E-state index contributed by atoms with van der Waals surface area (Å²) in [4.78, 5) is 44.6. The highest BCUT2D eigenvalue weighted by atomic mass is 19.1. The van der Waals surface area contributed by atoms with Crippen LogP contribution in [0.15, 0.2) is 94.8 Å². The first-order chi connectivity index (χ1) is 25.5. The Morgan fingerprint density at radius 2 is 1.66 bits per heavy atom. The SMILES string of the molecule is COCC(C)Nc1nn(Cc2ccc(OC)cc2)c2nccc(Oc3ccc(NC(=O)c4cn(C(C)C)c(=O)n(-c5ccc(F)cc5)c4=O)cc3F)c12. The van der Waals surface area contributed by atoms with Crippen LogP contribution in [0.3, 0.4) is 0 Å². The molecule has 13 nitrogen and oxygen atoms in total. The van der Waals surface area contributed by atoms with Gasteiger partial charge in [-0.15, -0.1) is 0 Å². The normalized spacial score (nSPS) is 11.8. The van der Waals surface area contributed by atoms with E-state index < -0.39 is 34.8 Å². The number of carbonyl (C=O) groups is 1. The number of nitrogens with zero attached hydrogens (tertiary/aromatic N) is 5. The molecule has 0 saturated heterocycles. The van der Waals surface area contributed by atoms with E-state index in [0.29, 0.717) is 30.0 Å². The second-order valence-electron chi connectivity index (χ2n) is 12.5. The van der Waals surface area contributed by atoms with E-state index in [2.05, 4.69) is 15.6 Å². The summed E-state index contributed by atoms with van der Waals surface area (Å²) in [5, 5.41) is 11.2. The quantitative estimate of drug-likeness (QED) is 0.143. The van der Waals surface area contributed by atoms with Crippen LogP contribution in [-0.2, 0) is 11.3 Å². The van der Waals surface area contributed by atoms with E-state index in [-0.39, 0.29) is 34.5 Å². The van der Waals surface area contributed by atoms with Gasteiger partial charge in [-0.1, -0.05) is 12.1 Å². The van der Waals surface area contributed by atoms with Gasteiger partial charge in [0.1, 0.15) is 28.3 Å². The van der Waals surface area contributed by atoms with Crippen LogP contribution < -0.4 is 31.4 Å². The average Bonchev–Trinajstić information content (AvgIpc) is 3.47. The maximum absolute atomic E-state index is 15.7. The fourth-order valence-corrected chi connectivity index (χ4v) is 5.69. The number of carbonyl (C=O) groups excluding carboxylic acids is 1. The lowest BCUT2D eigenvalue weighted by atomic mass is 10.2. The minimum atomic E-state index is -0.921. The molecule has 1 unspecified atom stereocenters. The van der Waals surface area contributed by atoms with E-state index in [0.717, 1.165) is 40.3 Å². The zero-order chi connectivity index (χ0) is 37.8. The molecule has 3 heterocycles. The zero-order valence-corrected chi connectivity index (χ0v) is 29.6. The summed E-state index contributed by atoms with van der Waals surface area (Å²) in [5.41, 5.74) is -0.459. The standard InChI is InChI=1S/C38H37F2N7O6/c1-22(2)45-20-29(37(49)47(38(45)50)27-11-8-25(39)9-12-27)36(48)43-26-10-15-31(30(40)18-26)53-32-16-17-41-35-33(32)34(42-23(3)21-51-4)44-46(35)19-24-6-13-28(52-5)14-7-24/h6-18,20,22-23H,19,21H2,1-5H3,(H,42,44)(H,43,48). The number of fused-ring (bicyclic) bond motifs is 1. The molecule has 0 aliphatic carbocycles. The third-order valence-corrected chi connectivity index (χ3v) is 8.30. The van der Waals surface area contributed by atoms with Gasteiger partial charge < -0.3 is 24.8 Å². The van der Waals surface area contributed by atoms with Crippen LogP contribution in [0.2, 0.25) is 0 Å². The Hall–Kier alpha value is -6.35. The summed E-state index contributed by atoms with van der Waals surface area (Å²) in [7, 11) is 3.19. The first kappa shape index (κ1) is 36.4. The number of nitrogens with one attached hydrogen (secondary N) is 2. The molecule has 3 aromatic heterocycles. The molecule has 2 N–H and O–H groups in total. The van der Waals surface area contributed by atoms with E-state index in [1.807, 2.05) is 31.2 Å². The highest BCUT2D eigenvalue weighted by Crippen LogP contribution is 2.36. The van der Waals surface area contributed by atoms with Crippen LogP contribution in [0, 0.1) is 11.6 Å². The van der Waals surface area contributed by atoms with Crippen molar-refractivity contribution in [1.29, 1.82) is 0 Å². The number of ether oxygens (including phenoxy) is 3. The molecule has 15 heteroatoms. The van der Waals surface area contributed by atoms with Gasteiger partial charge in [-0.25, -0.2) is 27.8 Å². The number of hydrogen-bond donors (Lipinski definition) is 2. The van der Waals surface area contributed by atoms with Crippen molar-refractivity contribution in [2.24, 2.45) is 0 Å². The molecule has 0 radical (unpaired) electrons. The topological polar surface area (TPSA) is 144 Å². The molecule has 1 atom stereocenters. The molecule has 3 aromatic carbocycles. The fourth-order valence-electron chi connectivity index (χ4n) is 5.69. The number of rotatable bonds is 13. The van der Waals surface area contributed by atoms with Gasteiger partial charge in [-0.05, 0) is 74.9 Å². The summed E-state index contributed by atoms with van der Waals surface area (Å²) in [6.07, 6.45) is 2.69. The maximum Gasteiger partial charge on any atom is 0.335 e. The van der Waals surface area contributed by atoms with E-state index >= 15 is 4.39 Å². The van der Waals surface area contributed by atoms with Gasteiger partial charge in [0.15, 0.2) is 23.0 Å². The van der Waals surface area contributed by atoms with E-state index in [1.165, 1.54) is 35.0 Å². The van der Waals surface area contributed by atoms with Crippen molar-refractivity contribution in [1.82, 2.24) is 23.9 Å². The van der Waals surface area contributed by atoms with Crippen molar-refractivity contribution in [3.63, 3.8) is 0 Å². The molecule has 0 saturated carbocycles. The van der Waals surface area contributed by atoms with Gasteiger partial charge in [0.05, 0.1) is 25.9 Å². The van der Waals surface area contributed by atoms with Gasteiger partial charge in [0.25, 0.3) is 11.5 Å². The number of aromatic nitrogens is 5. The molecular weight excluding hydrogens is 688 g/mol. The Morgan fingerprint density at radius 1 is 0.925 bits per heavy atom. The fraction of sp³-hybridized carbons (Fsp3) is 0.237. The molecule has 53 heavy (non-hydrogen) atoms. The molecule has 6 aromatic rings. The number of methoxy groups -OCH3 is 2. The Labute approximate surface area is 302 Å². The van der Waals surface area contributed by atoms with Gasteiger partial charge in [0, 0.05) is 49.4 Å². The van der Waals surface area contributed by atoms with Gasteiger partial charge in [0.2, 0.25) is 0 Å². The van der Waals surface area contributed by atoms with Gasteiger partial charge in [-0.3, -0.25) is 14.2 Å². The smallest absolute Gasteiger partial charge is 0.335 e. The van der Waals surface area contributed by atoms with E-state index in [9.17, 15) is 18.8 Å². The number of hydrogen-bond acceptors (Lipinski definition) is 9. The van der Waals surface area contributed by atoms with Crippen molar-refractivity contribution in [2.45, 2.75) is 39.4 Å². The third kappa shape index (κ3) is 7.79. The Kier molecular flexibility index (Phi) is 10.7. The van der Waals surface area contributed by atoms with Crippen molar-refractivity contribution < 1.29 is 27.8 Å². The summed E-state index contributed by atoms with van der Waals surface area (Å²) in [6.45, 7) is 6.11. The maximum atomic E-state index is 15.7. The van der Waals surface area contributed by atoms with Crippen LogP contribution >= 0.6 is 0 Å². The molecule has 0 spiro atoms. The van der Waals surface area contributed by atoms with Crippen LogP contribution in [0.1, 0.15) is 42.7 Å². The minimum Gasteiger partial charge on any atom is -0.497 e. The molecule has 0 bridgehead atoms. The summed E-state index contributed by atoms with van der Waals surface area (Å²) >= 11 is 0. The van der Waals surface area contributed by atoms with Crippen molar-refractivity contribution in [3.05, 3.63) is 129 Å². The predicted octanol–water partition coefficient (Wildman–Crippen LogP) is 6.15. The van der Waals surface area contributed by atoms with E-state index in [1.54, 1.807) is 38.8 Å². The second kappa shape index (κ2) is 15.5. The van der Waals surface area contributed by atoms with Gasteiger partial charge >= 0.3 is 5.69 Å². The molecule has 0 aliphatic heterocycles. The van der Waals surface area contributed by atoms with Crippen LogP contribution in [0.25, 0.3) is 16.7 Å². The molecule has 274 valence electrons. The summed E-state index contributed by atoms with van der Waals surface area (Å²) in [5.74, 6) is -0.947. The molecule has 0 fully saturated rings. The predicted molar refractivity (Wildman–Crippen MR) is 196 cm³/mol. The minimum absolute atomic E-state index is 0.0258. The third-order valence-electron chi connectivity index (χ3n) is 8.30. The van der Waals surface area contributed by atoms with Crippen molar-refractivity contribution >= 4 is 28.4 Å². The number of amides is 1. The Balaban J connectivity index is 1.30. The van der Waals surface area contributed by atoms with E-state index in [4.69, 9.17) is 19.3 Å². The van der Waals surface area contributed by atoms with Gasteiger partial charge in [-0.2, -0.15) is 5.10 Å². The monoisotopic (exact) mass is 725 g/mol. The Morgan fingerprint density at radius 3 is 2.32 bits per heavy atom. The molecule has 6 rings (SSSR count). The molecule has 0 aliphatic rings. The second-order valence-corrected chi connectivity index (χ2v) is 12.5. The average molecular weight is 726 g/mol. The first-order valence-corrected chi connectivity index (χ1v) is 16.6. The van der Waals surface area contributed by atoms with Crippen LogP contribution in [-0.4, -0.2) is 56.7 Å². The van der Waals surface area contributed by atoms with Crippen molar-refractivity contribution in [2.75, 3.05) is 31.5 Å².